The number of benzene rings is 2. The van der Waals surface area contributed by atoms with Crippen LogP contribution in [0.2, 0.25) is 0 Å². The molecule has 2 aromatic rings. The van der Waals surface area contributed by atoms with Crippen LogP contribution in [0.5, 0.6) is 11.5 Å². The molecule has 6 nitrogen and oxygen atoms in total. The van der Waals surface area contributed by atoms with E-state index in [-0.39, 0.29) is 30.4 Å². The van der Waals surface area contributed by atoms with Crippen molar-refractivity contribution < 1.29 is 24.2 Å². The van der Waals surface area contributed by atoms with Crippen LogP contribution in [0.25, 0.3) is 0 Å². The number of nitrogens with one attached hydrogen (secondary N) is 1. The van der Waals surface area contributed by atoms with E-state index in [1.165, 1.54) is 6.42 Å². The van der Waals surface area contributed by atoms with E-state index in [0.717, 1.165) is 31.2 Å². The molecule has 1 aliphatic carbocycles. The number of carbonyl (C=O) groups is 2. The number of fused-ring (bicyclic) bond motifs is 1. The standard InChI is InChI=1S/C24H27NO5/c26-20-14-24(11-5-2-6-12-24)30-22-13-18(9-10-19(20)22)29-16-23(28)25-15-21(27)17-7-3-1-4-8-17/h1,3-4,7-10,13,21,27H,2,5-6,11-12,14-16H2,(H,25,28). The summed E-state index contributed by atoms with van der Waals surface area (Å²) in [5.41, 5.74) is 0.937. The van der Waals surface area contributed by atoms with Crippen molar-refractivity contribution in [2.45, 2.75) is 50.2 Å². The molecule has 6 heteroatoms. The molecule has 1 amide bonds. The van der Waals surface area contributed by atoms with Crippen molar-refractivity contribution in [3.8, 4) is 11.5 Å². The Hall–Kier alpha value is -2.86. The Labute approximate surface area is 176 Å². The van der Waals surface area contributed by atoms with Crippen LogP contribution >= 0.6 is 0 Å². The minimum Gasteiger partial charge on any atom is -0.486 e. The maximum atomic E-state index is 12.6. The molecule has 1 aliphatic heterocycles. The summed E-state index contributed by atoms with van der Waals surface area (Å²) >= 11 is 0. The molecule has 1 unspecified atom stereocenters. The third kappa shape index (κ3) is 4.65. The second kappa shape index (κ2) is 8.88. The van der Waals surface area contributed by atoms with Crippen LogP contribution in [0.15, 0.2) is 48.5 Å². The largest absolute Gasteiger partial charge is 0.486 e. The van der Waals surface area contributed by atoms with E-state index in [1.54, 1.807) is 30.3 Å². The highest BCUT2D eigenvalue weighted by atomic mass is 16.5. The van der Waals surface area contributed by atoms with Gasteiger partial charge in [-0.15, -0.1) is 0 Å². The van der Waals surface area contributed by atoms with Crippen LogP contribution in [0.1, 0.15) is 60.6 Å². The van der Waals surface area contributed by atoms with Gasteiger partial charge >= 0.3 is 0 Å². The Bertz CT molecular complexity index is 905. The van der Waals surface area contributed by atoms with Crippen molar-refractivity contribution >= 4 is 11.7 Å². The van der Waals surface area contributed by atoms with Gasteiger partial charge in [-0.2, -0.15) is 0 Å². The number of aliphatic hydroxyl groups excluding tert-OH is 1. The molecular formula is C24H27NO5. The average molecular weight is 409 g/mol. The van der Waals surface area contributed by atoms with E-state index in [1.807, 2.05) is 18.2 Å². The van der Waals surface area contributed by atoms with E-state index in [4.69, 9.17) is 9.47 Å². The first-order valence-electron chi connectivity index (χ1n) is 10.5. The van der Waals surface area contributed by atoms with Crippen LogP contribution in [-0.2, 0) is 4.79 Å². The van der Waals surface area contributed by atoms with Crippen molar-refractivity contribution in [3.05, 3.63) is 59.7 Å². The third-order valence-electron chi connectivity index (χ3n) is 5.87. The molecule has 1 saturated carbocycles. The Kier molecular flexibility index (Phi) is 6.04. The lowest BCUT2D eigenvalue weighted by atomic mass is 9.78. The zero-order chi connectivity index (χ0) is 21.0. The highest BCUT2D eigenvalue weighted by molar-refractivity contribution is 6.00. The summed E-state index contributed by atoms with van der Waals surface area (Å²) in [7, 11) is 0. The van der Waals surface area contributed by atoms with Crippen LogP contribution in [0, 0.1) is 0 Å². The topological polar surface area (TPSA) is 84.9 Å². The molecule has 0 saturated heterocycles. The van der Waals surface area contributed by atoms with Crippen molar-refractivity contribution in [2.75, 3.05) is 13.2 Å². The van der Waals surface area contributed by atoms with Gasteiger partial charge in [0.15, 0.2) is 12.4 Å². The van der Waals surface area contributed by atoms with Crippen molar-refractivity contribution in [1.82, 2.24) is 5.32 Å². The number of hydrogen-bond donors (Lipinski definition) is 2. The molecule has 2 N–H and O–H groups in total. The first-order valence-corrected chi connectivity index (χ1v) is 10.5. The molecule has 4 rings (SSSR count). The molecule has 0 bridgehead atoms. The lowest BCUT2D eigenvalue weighted by molar-refractivity contribution is -0.123. The predicted molar refractivity (Wildman–Crippen MR) is 112 cm³/mol. The molecule has 0 radical (unpaired) electrons. The van der Waals surface area contributed by atoms with Gasteiger partial charge in [0.2, 0.25) is 0 Å². The quantitative estimate of drug-likeness (QED) is 0.762. The Morgan fingerprint density at radius 1 is 1.13 bits per heavy atom. The summed E-state index contributed by atoms with van der Waals surface area (Å²) in [5.74, 6) is 0.805. The van der Waals surface area contributed by atoms with Crippen LogP contribution in [-0.4, -0.2) is 35.5 Å². The third-order valence-corrected chi connectivity index (χ3v) is 5.87. The van der Waals surface area contributed by atoms with Crippen LogP contribution in [0.4, 0.5) is 0 Å². The molecule has 2 aliphatic rings. The number of carbonyl (C=O) groups excluding carboxylic acids is 2. The Balaban J connectivity index is 1.33. The number of ketones is 1. The van der Waals surface area contributed by atoms with Gasteiger partial charge in [0, 0.05) is 12.6 Å². The summed E-state index contributed by atoms with van der Waals surface area (Å²) in [5, 5.41) is 12.8. The summed E-state index contributed by atoms with van der Waals surface area (Å²) in [4.78, 5) is 24.7. The molecular weight excluding hydrogens is 382 g/mol. The van der Waals surface area contributed by atoms with Crippen LogP contribution < -0.4 is 14.8 Å². The van der Waals surface area contributed by atoms with Gasteiger partial charge in [-0.05, 0) is 43.4 Å². The minimum absolute atomic E-state index is 0.108. The highest BCUT2D eigenvalue weighted by Gasteiger charge is 2.41. The first kappa shape index (κ1) is 20.4. The Morgan fingerprint density at radius 3 is 2.67 bits per heavy atom. The predicted octanol–water partition coefficient (Wildman–Crippen LogP) is 3.58. The second-order valence-corrected chi connectivity index (χ2v) is 8.12. The maximum absolute atomic E-state index is 12.6. The maximum Gasteiger partial charge on any atom is 0.258 e. The molecule has 30 heavy (non-hydrogen) atoms. The normalized spacial score (nSPS) is 18.2. The Morgan fingerprint density at radius 2 is 1.90 bits per heavy atom. The minimum atomic E-state index is -0.773. The molecule has 1 atom stereocenters. The fourth-order valence-corrected chi connectivity index (χ4v) is 4.24. The summed E-state index contributed by atoms with van der Waals surface area (Å²) in [6, 6.07) is 14.3. The molecule has 0 aromatic heterocycles. The summed E-state index contributed by atoms with van der Waals surface area (Å²) in [6.45, 7) is -0.0735. The molecule has 1 spiro atoms. The van der Waals surface area contributed by atoms with Crippen molar-refractivity contribution in [3.63, 3.8) is 0 Å². The fourth-order valence-electron chi connectivity index (χ4n) is 4.24. The molecule has 158 valence electrons. The van der Waals surface area contributed by atoms with E-state index in [9.17, 15) is 14.7 Å². The number of ether oxygens (including phenoxy) is 2. The highest BCUT2D eigenvalue weighted by Crippen LogP contribution is 2.42. The number of aliphatic hydroxyl groups is 1. The van der Waals surface area contributed by atoms with Gasteiger partial charge in [-0.25, -0.2) is 0 Å². The smallest absolute Gasteiger partial charge is 0.258 e. The van der Waals surface area contributed by atoms with Crippen molar-refractivity contribution in [2.24, 2.45) is 0 Å². The number of rotatable bonds is 6. The molecule has 1 heterocycles. The van der Waals surface area contributed by atoms with Gasteiger partial charge in [0.25, 0.3) is 5.91 Å². The molecule has 2 aromatic carbocycles. The number of Topliss-reactive ketones (excluding diaryl/α,β-unsaturated/α-hetero) is 1. The van der Waals surface area contributed by atoms with E-state index in [0.29, 0.717) is 23.5 Å². The monoisotopic (exact) mass is 409 g/mol. The van der Waals surface area contributed by atoms with Crippen LogP contribution in [0.3, 0.4) is 0 Å². The SMILES string of the molecule is O=C(COc1ccc2c(c1)OC1(CCCCC1)CC2=O)NCC(O)c1ccccc1. The fraction of sp³-hybridized carbons (Fsp3) is 0.417. The summed E-state index contributed by atoms with van der Waals surface area (Å²) < 4.78 is 11.9. The van der Waals surface area contributed by atoms with E-state index in [2.05, 4.69) is 5.32 Å². The summed E-state index contributed by atoms with van der Waals surface area (Å²) in [6.07, 6.45) is 4.80. The van der Waals surface area contributed by atoms with Crippen molar-refractivity contribution in [1.29, 1.82) is 0 Å². The first-order chi connectivity index (χ1) is 14.5. The average Bonchev–Trinajstić information content (AvgIpc) is 2.77. The number of amides is 1. The van der Waals surface area contributed by atoms with E-state index < -0.39 is 6.10 Å². The number of hydrogen-bond acceptors (Lipinski definition) is 5. The second-order valence-electron chi connectivity index (χ2n) is 8.12. The van der Waals surface area contributed by atoms with Gasteiger partial charge in [0.05, 0.1) is 18.1 Å². The van der Waals surface area contributed by atoms with Gasteiger partial charge in [-0.3, -0.25) is 9.59 Å². The van der Waals surface area contributed by atoms with E-state index >= 15 is 0 Å². The van der Waals surface area contributed by atoms with Gasteiger partial charge in [-0.1, -0.05) is 36.8 Å². The molecule has 1 fully saturated rings. The lowest BCUT2D eigenvalue weighted by Crippen LogP contribution is -2.43. The zero-order valence-corrected chi connectivity index (χ0v) is 16.9. The van der Waals surface area contributed by atoms with Gasteiger partial charge in [0.1, 0.15) is 17.1 Å². The lowest BCUT2D eigenvalue weighted by Gasteiger charge is -2.40. The van der Waals surface area contributed by atoms with Gasteiger partial charge < -0.3 is 19.9 Å². The zero-order valence-electron chi connectivity index (χ0n) is 16.9.